The van der Waals surface area contributed by atoms with Crippen LogP contribution in [0.25, 0.3) is 0 Å². The molecule has 0 aliphatic carbocycles. The maximum Gasteiger partial charge on any atom is 0.143 e. The Morgan fingerprint density at radius 2 is 1.20 bits per heavy atom. The topological polar surface area (TPSA) is 51.0 Å². The maximum atomic E-state index is 10.3. The summed E-state index contributed by atoms with van der Waals surface area (Å²) in [4.78, 5) is 5.80. The normalized spacial score (nSPS) is 16.4. The Labute approximate surface area is 206 Å². The van der Waals surface area contributed by atoms with Crippen LogP contribution >= 0.6 is 0 Å². The summed E-state index contributed by atoms with van der Waals surface area (Å²) in [6.45, 7) is 0.244. The average Bonchev–Trinajstić information content (AvgIpc) is 3.44. The molecule has 0 saturated heterocycles. The molecule has 4 aromatic rings. The van der Waals surface area contributed by atoms with E-state index in [2.05, 4.69) is 41.6 Å². The van der Waals surface area contributed by atoms with Crippen molar-refractivity contribution < 1.29 is 14.7 Å². The van der Waals surface area contributed by atoms with Gasteiger partial charge in [-0.05, 0) is 22.3 Å². The monoisotopic (exact) mass is 463 g/mol. The highest BCUT2D eigenvalue weighted by atomic mass is 16.6. The Bertz CT molecular complexity index is 1130. The molecule has 0 amide bonds. The van der Waals surface area contributed by atoms with E-state index in [1.54, 1.807) is 0 Å². The Morgan fingerprint density at radius 3 is 1.66 bits per heavy atom. The molecule has 4 aromatic carbocycles. The molecule has 0 aromatic heterocycles. The van der Waals surface area contributed by atoms with Crippen LogP contribution in [0.1, 0.15) is 28.7 Å². The zero-order chi connectivity index (χ0) is 23.9. The molecule has 1 aliphatic heterocycles. The molecule has 1 N–H and O–H groups in total. The molecule has 0 unspecified atom stereocenters. The van der Waals surface area contributed by atoms with Gasteiger partial charge in [-0.1, -0.05) is 126 Å². The van der Waals surface area contributed by atoms with Gasteiger partial charge in [0.25, 0.3) is 0 Å². The van der Waals surface area contributed by atoms with Crippen LogP contribution in [-0.4, -0.2) is 30.1 Å². The lowest BCUT2D eigenvalue weighted by Gasteiger charge is -2.37. The molecular formula is C31H29NO3. The number of aliphatic hydroxyl groups is 1. The van der Waals surface area contributed by atoms with Crippen LogP contribution in [0.5, 0.6) is 0 Å². The highest BCUT2D eigenvalue weighted by Crippen LogP contribution is 2.41. The molecule has 2 atom stereocenters. The second-order valence-corrected chi connectivity index (χ2v) is 8.78. The molecule has 1 aliphatic rings. The minimum atomic E-state index is -0.834. The Balaban J connectivity index is 1.46. The summed E-state index contributed by atoms with van der Waals surface area (Å²) in [6.07, 6.45) is 0.378. The summed E-state index contributed by atoms with van der Waals surface area (Å²) in [5.41, 5.74) is 4.20. The molecular weight excluding hydrogens is 434 g/mol. The lowest BCUT2D eigenvalue weighted by Crippen LogP contribution is -2.38. The van der Waals surface area contributed by atoms with Gasteiger partial charge in [-0.25, -0.2) is 0 Å². The minimum Gasteiger partial charge on any atom is -0.396 e. The van der Waals surface area contributed by atoms with Gasteiger partial charge >= 0.3 is 0 Å². The number of hydrogen-bond donors (Lipinski definition) is 1. The van der Waals surface area contributed by atoms with Crippen LogP contribution in [-0.2, 0) is 15.2 Å². The highest BCUT2D eigenvalue weighted by Gasteiger charge is 2.40. The first-order chi connectivity index (χ1) is 17.3. The number of hydrogen-bond acceptors (Lipinski definition) is 4. The third-order valence-corrected chi connectivity index (χ3v) is 6.61. The zero-order valence-electron chi connectivity index (χ0n) is 19.5. The number of benzene rings is 4. The minimum absolute atomic E-state index is 0.0588. The van der Waals surface area contributed by atoms with Crippen LogP contribution in [0.2, 0.25) is 0 Å². The molecule has 4 nitrogen and oxygen atoms in total. The quantitative estimate of drug-likeness (QED) is 0.319. The summed E-state index contributed by atoms with van der Waals surface area (Å²) >= 11 is 0. The van der Waals surface area contributed by atoms with E-state index in [0.717, 1.165) is 28.0 Å². The lowest BCUT2D eigenvalue weighted by molar-refractivity contribution is -0.0638. The molecule has 0 saturated carbocycles. The van der Waals surface area contributed by atoms with Gasteiger partial charge in [0, 0.05) is 12.3 Å². The van der Waals surface area contributed by atoms with Gasteiger partial charge in [0.05, 0.1) is 18.9 Å². The summed E-state index contributed by atoms with van der Waals surface area (Å²) in [7, 11) is 0. The molecule has 176 valence electrons. The number of rotatable bonds is 9. The Morgan fingerprint density at radius 1 is 0.743 bits per heavy atom. The summed E-state index contributed by atoms with van der Waals surface area (Å²) < 4.78 is 6.90. The Hall–Kier alpha value is -3.73. The molecule has 0 radical (unpaired) electrons. The molecule has 35 heavy (non-hydrogen) atoms. The second-order valence-electron chi connectivity index (χ2n) is 8.78. The van der Waals surface area contributed by atoms with Gasteiger partial charge in [0.2, 0.25) is 0 Å². The van der Waals surface area contributed by atoms with Gasteiger partial charge in [0.1, 0.15) is 11.7 Å². The van der Waals surface area contributed by atoms with Crippen molar-refractivity contribution in [2.24, 2.45) is 11.1 Å². The Kier molecular flexibility index (Phi) is 7.03. The van der Waals surface area contributed by atoms with Crippen molar-refractivity contribution in [1.29, 1.82) is 0 Å². The van der Waals surface area contributed by atoms with Crippen molar-refractivity contribution in [2.75, 3.05) is 13.2 Å². The highest BCUT2D eigenvalue weighted by molar-refractivity contribution is 6.01. The third-order valence-electron chi connectivity index (χ3n) is 6.61. The van der Waals surface area contributed by atoms with Crippen LogP contribution in [0, 0.1) is 5.92 Å². The zero-order valence-corrected chi connectivity index (χ0v) is 19.5. The first kappa shape index (κ1) is 23.0. The summed E-state index contributed by atoms with van der Waals surface area (Å²) in [5.74, 6) is -0.240. The fourth-order valence-electron chi connectivity index (χ4n) is 4.73. The fraction of sp³-hybridized carbons (Fsp3) is 0.194. The van der Waals surface area contributed by atoms with Gasteiger partial charge < -0.3 is 14.7 Å². The van der Waals surface area contributed by atoms with Crippen molar-refractivity contribution in [3.8, 4) is 0 Å². The molecule has 4 heteroatoms. The predicted molar refractivity (Wildman–Crippen MR) is 138 cm³/mol. The SMILES string of the molecule is OC[C@@H](COC(c1ccccc1)(c1ccccc1)c1ccccc1)[C@@H]1CC(c2ccccc2)=NO1. The van der Waals surface area contributed by atoms with Crippen molar-refractivity contribution in [2.45, 2.75) is 18.1 Å². The largest absolute Gasteiger partial charge is 0.396 e. The number of aliphatic hydroxyl groups excluding tert-OH is 1. The van der Waals surface area contributed by atoms with E-state index >= 15 is 0 Å². The first-order valence-electron chi connectivity index (χ1n) is 12.0. The lowest BCUT2D eigenvalue weighted by atomic mass is 9.80. The van der Waals surface area contributed by atoms with Gasteiger partial charge in [-0.2, -0.15) is 0 Å². The molecule has 5 rings (SSSR count). The van der Waals surface area contributed by atoms with Crippen molar-refractivity contribution in [3.05, 3.63) is 144 Å². The van der Waals surface area contributed by atoms with E-state index in [0.29, 0.717) is 13.0 Å². The van der Waals surface area contributed by atoms with Crippen molar-refractivity contribution >= 4 is 5.71 Å². The van der Waals surface area contributed by atoms with Gasteiger partial charge in [-0.15, -0.1) is 0 Å². The van der Waals surface area contributed by atoms with E-state index in [4.69, 9.17) is 9.57 Å². The second kappa shape index (κ2) is 10.7. The standard InChI is InChI=1S/C31H29NO3/c33-22-25(30-21-29(32-35-30)24-13-5-1-6-14-24)23-34-31(26-15-7-2-8-16-26,27-17-9-3-10-18-27)28-19-11-4-12-20-28/h1-20,25,30,33H,21-23H2/t25-,30-/m0/s1. The van der Waals surface area contributed by atoms with Crippen molar-refractivity contribution in [1.82, 2.24) is 0 Å². The first-order valence-corrected chi connectivity index (χ1v) is 12.0. The van der Waals surface area contributed by atoms with E-state index in [1.165, 1.54) is 0 Å². The molecule has 0 fully saturated rings. The van der Waals surface area contributed by atoms with Crippen molar-refractivity contribution in [3.63, 3.8) is 0 Å². The number of ether oxygens (including phenoxy) is 1. The smallest absolute Gasteiger partial charge is 0.143 e. The summed E-state index contributed by atoms with van der Waals surface area (Å²) in [5, 5.41) is 14.7. The third kappa shape index (κ3) is 4.76. The van der Waals surface area contributed by atoms with Crippen LogP contribution in [0.15, 0.2) is 126 Å². The number of oxime groups is 1. The van der Waals surface area contributed by atoms with E-state index in [1.807, 2.05) is 84.9 Å². The summed E-state index contributed by atoms with van der Waals surface area (Å²) in [6, 6.07) is 40.8. The van der Waals surface area contributed by atoms with Crippen LogP contribution in [0.4, 0.5) is 0 Å². The molecule has 0 bridgehead atoms. The number of nitrogens with zero attached hydrogens (tertiary/aromatic N) is 1. The van der Waals surface area contributed by atoms with E-state index in [9.17, 15) is 5.11 Å². The van der Waals surface area contributed by atoms with E-state index < -0.39 is 5.60 Å². The molecule has 1 heterocycles. The predicted octanol–water partition coefficient (Wildman–Crippen LogP) is 5.80. The average molecular weight is 464 g/mol. The van der Waals surface area contributed by atoms with Gasteiger partial charge in [-0.3, -0.25) is 0 Å². The van der Waals surface area contributed by atoms with Gasteiger partial charge in [0.15, 0.2) is 0 Å². The van der Waals surface area contributed by atoms with Crippen LogP contribution < -0.4 is 0 Å². The fourth-order valence-corrected chi connectivity index (χ4v) is 4.73. The van der Waals surface area contributed by atoms with E-state index in [-0.39, 0.29) is 18.6 Å². The van der Waals surface area contributed by atoms with Crippen LogP contribution in [0.3, 0.4) is 0 Å². The molecule has 0 spiro atoms. The maximum absolute atomic E-state index is 10.3.